The molecule has 0 aliphatic rings. The minimum Gasteiger partial charge on any atom is -0.496 e. The summed E-state index contributed by atoms with van der Waals surface area (Å²) in [7, 11) is 3.26. The molecule has 132 valence electrons. The van der Waals surface area contributed by atoms with Crippen LogP contribution in [0.25, 0.3) is 0 Å². The van der Waals surface area contributed by atoms with Gasteiger partial charge in [0.15, 0.2) is 11.5 Å². The second-order valence-corrected chi connectivity index (χ2v) is 5.36. The van der Waals surface area contributed by atoms with Crippen molar-refractivity contribution in [3.05, 3.63) is 52.5 Å². The molecule has 0 aliphatic carbocycles. The molecule has 0 amide bonds. The lowest BCUT2D eigenvalue weighted by molar-refractivity contribution is 0.310. The summed E-state index contributed by atoms with van der Waals surface area (Å²) in [6.07, 6.45) is 0. The molecule has 6 heteroatoms. The molecule has 2 aromatic rings. The van der Waals surface area contributed by atoms with Gasteiger partial charge in [0.25, 0.3) is 0 Å². The molecule has 0 spiro atoms. The van der Waals surface area contributed by atoms with Crippen LogP contribution in [0.4, 0.5) is 0 Å². The number of rotatable bonds is 8. The highest BCUT2D eigenvalue weighted by Crippen LogP contribution is 2.36. The Balaban J connectivity index is 0.00000288. The lowest BCUT2D eigenvalue weighted by Gasteiger charge is -2.14. The average molecular weight is 372 g/mol. The van der Waals surface area contributed by atoms with E-state index in [2.05, 4.69) is 5.32 Å². The molecule has 0 saturated carbocycles. The van der Waals surface area contributed by atoms with Crippen molar-refractivity contribution in [2.75, 3.05) is 20.8 Å². The fourth-order valence-corrected chi connectivity index (χ4v) is 2.69. The van der Waals surface area contributed by atoms with Gasteiger partial charge in [-0.3, -0.25) is 0 Å². The normalized spacial score (nSPS) is 10.0. The maximum absolute atomic E-state index is 6.26. The van der Waals surface area contributed by atoms with Gasteiger partial charge in [0, 0.05) is 18.7 Å². The summed E-state index contributed by atoms with van der Waals surface area (Å²) in [5.41, 5.74) is 2.15. The van der Waals surface area contributed by atoms with E-state index >= 15 is 0 Å². The number of para-hydroxylation sites is 1. The maximum atomic E-state index is 6.26. The van der Waals surface area contributed by atoms with Crippen LogP contribution < -0.4 is 19.5 Å². The van der Waals surface area contributed by atoms with Gasteiger partial charge >= 0.3 is 0 Å². The number of hydrogen-bond donors (Lipinski definition) is 1. The lowest BCUT2D eigenvalue weighted by Crippen LogP contribution is -2.13. The van der Waals surface area contributed by atoms with Gasteiger partial charge in [-0.15, -0.1) is 12.4 Å². The third-order valence-corrected chi connectivity index (χ3v) is 3.69. The molecule has 1 N–H and O–H groups in total. The highest BCUT2D eigenvalue weighted by Gasteiger charge is 2.11. The largest absolute Gasteiger partial charge is 0.496 e. The van der Waals surface area contributed by atoms with E-state index in [1.54, 1.807) is 14.2 Å². The Labute approximate surface area is 154 Å². The topological polar surface area (TPSA) is 39.7 Å². The van der Waals surface area contributed by atoms with E-state index in [4.69, 9.17) is 25.8 Å². The first kappa shape index (κ1) is 20.4. The van der Waals surface area contributed by atoms with E-state index in [1.165, 1.54) is 0 Å². The molecule has 0 unspecified atom stereocenters. The molecule has 24 heavy (non-hydrogen) atoms. The van der Waals surface area contributed by atoms with Crippen molar-refractivity contribution in [3.63, 3.8) is 0 Å². The van der Waals surface area contributed by atoms with Crippen LogP contribution in [0.15, 0.2) is 36.4 Å². The first-order valence-corrected chi connectivity index (χ1v) is 7.89. The van der Waals surface area contributed by atoms with Crippen molar-refractivity contribution in [2.24, 2.45) is 0 Å². The van der Waals surface area contributed by atoms with Gasteiger partial charge in [0.2, 0.25) is 0 Å². The van der Waals surface area contributed by atoms with Gasteiger partial charge in [0.1, 0.15) is 5.75 Å². The van der Waals surface area contributed by atoms with Gasteiger partial charge in [0.05, 0.1) is 25.8 Å². The molecule has 2 rings (SSSR count). The summed E-state index contributed by atoms with van der Waals surface area (Å²) in [4.78, 5) is 0. The number of halogens is 2. The van der Waals surface area contributed by atoms with Crippen molar-refractivity contribution in [2.45, 2.75) is 20.0 Å². The average Bonchev–Trinajstić information content (AvgIpc) is 2.55. The van der Waals surface area contributed by atoms with E-state index in [0.717, 1.165) is 16.9 Å². The van der Waals surface area contributed by atoms with Gasteiger partial charge < -0.3 is 19.5 Å². The van der Waals surface area contributed by atoms with Gasteiger partial charge in [-0.25, -0.2) is 0 Å². The highest BCUT2D eigenvalue weighted by atomic mass is 35.5. The van der Waals surface area contributed by atoms with E-state index in [0.29, 0.717) is 36.2 Å². The molecular weight excluding hydrogens is 349 g/mol. The van der Waals surface area contributed by atoms with Crippen LogP contribution in [0.1, 0.15) is 18.1 Å². The quantitative estimate of drug-likeness (QED) is 0.742. The second-order valence-electron chi connectivity index (χ2n) is 4.96. The van der Waals surface area contributed by atoms with Crippen molar-refractivity contribution < 1.29 is 14.2 Å². The Morgan fingerprint density at radius 1 is 1.00 bits per heavy atom. The summed E-state index contributed by atoms with van der Waals surface area (Å²) in [6, 6.07) is 11.8. The van der Waals surface area contributed by atoms with Crippen LogP contribution in [0.2, 0.25) is 5.02 Å². The van der Waals surface area contributed by atoms with Crippen molar-refractivity contribution >= 4 is 24.0 Å². The number of ether oxygens (including phenoxy) is 3. The molecule has 0 radical (unpaired) electrons. The van der Waals surface area contributed by atoms with E-state index < -0.39 is 0 Å². The molecule has 0 aromatic heterocycles. The van der Waals surface area contributed by atoms with Gasteiger partial charge in [-0.1, -0.05) is 29.8 Å². The third kappa shape index (κ3) is 5.20. The summed E-state index contributed by atoms with van der Waals surface area (Å²) in [6.45, 7) is 3.87. The van der Waals surface area contributed by atoms with Crippen molar-refractivity contribution in [1.29, 1.82) is 0 Å². The van der Waals surface area contributed by atoms with Crippen LogP contribution in [0.3, 0.4) is 0 Å². The van der Waals surface area contributed by atoms with Gasteiger partial charge in [-0.2, -0.15) is 0 Å². The zero-order valence-electron chi connectivity index (χ0n) is 14.1. The van der Waals surface area contributed by atoms with Gasteiger partial charge in [-0.05, 0) is 30.7 Å². The zero-order chi connectivity index (χ0) is 16.7. The molecule has 4 nitrogen and oxygen atoms in total. The summed E-state index contributed by atoms with van der Waals surface area (Å²) >= 11 is 6.26. The molecule has 0 heterocycles. The number of hydrogen-bond acceptors (Lipinski definition) is 4. The predicted octanol–water partition coefficient (Wildman–Crippen LogP) is 4.47. The monoisotopic (exact) mass is 371 g/mol. The summed E-state index contributed by atoms with van der Waals surface area (Å²) in [5.74, 6) is 2.11. The van der Waals surface area contributed by atoms with Crippen LogP contribution in [-0.4, -0.2) is 20.8 Å². The van der Waals surface area contributed by atoms with Crippen LogP contribution in [-0.2, 0) is 13.1 Å². The Bertz CT molecular complexity index is 650. The van der Waals surface area contributed by atoms with Crippen LogP contribution in [0.5, 0.6) is 17.2 Å². The third-order valence-electron chi connectivity index (χ3n) is 3.41. The van der Waals surface area contributed by atoms with E-state index in [1.807, 2.05) is 43.3 Å². The SMILES string of the molecule is CCOc1cc(CNCc2ccccc2OC)cc(Cl)c1OC.Cl. The molecule has 0 bridgehead atoms. The Morgan fingerprint density at radius 2 is 1.75 bits per heavy atom. The predicted molar refractivity (Wildman–Crippen MR) is 100.0 cm³/mol. The fourth-order valence-electron chi connectivity index (χ4n) is 2.37. The molecule has 0 fully saturated rings. The summed E-state index contributed by atoms with van der Waals surface area (Å²) < 4.78 is 16.2. The minimum atomic E-state index is 0. The number of benzene rings is 2. The van der Waals surface area contributed by atoms with Crippen molar-refractivity contribution in [1.82, 2.24) is 5.32 Å². The molecular formula is C18H23Cl2NO3. The number of methoxy groups -OCH3 is 2. The second kappa shape index (κ2) is 10.3. The molecule has 0 saturated heterocycles. The minimum absolute atomic E-state index is 0. The lowest BCUT2D eigenvalue weighted by atomic mass is 10.1. The standard InChI is InChI=1S/C18H22ClNO3.ClH/c1-4-23-17-10-13(9-15(19)18(17)22-3)11-20-12-14-7-5-6-8-16(14)21-2;/h5-10,20H,4,11-12H2,1-3H3;1H. The van der Waals surface area contributed by atoms with Crippen LogP contribution >= 0.6 is 24.0 Å². The molecule has 2 aromatic carbocycles. The maximum Gasteiger partial charge on any atom is 0.179 e. The Kier molecular flexibility index (Phi) is 8.76. The van der Waals surface area contributed by atoms with E-state index in [-0.39, 0.29) is 12.4 Å². The van der Waals surface area contributed by atoms with Crippen molar-refractivity contribution in [3.8, 4) is 17.2 Å². The summed E-state index contributed by atoms with van der Waals surface area (Å²) in [5, 5.41) is 3.94. The zero-order valence-corrected chi connectivity index (χ0v) is 15.7. The smallest absolute Gasteiger partial charge is 0.179 e. The fraction of sp³-hybridized carbons (Fsp3) is 0.333. The number of nitrogens with one attached hydrogen (secondary N) is 1. The van der Waals surface area contributed by atoms with Crippen LogP contribution in [0, 0.1) is 0 Å². The molecule has 0 atom stereocenters. The van der Waals surface area contributed by atoms with E-state index in [9.17, 15) is 0 Å². The molecule has 0 aliphatic heterocycles. The highest BCUT2D eigenvalue weighted by molar-refractivity contribution is 6.32. The Morgan fingerprint density at radius 3 is 2.42 bits per heavy atom. The Hall–Kier alpha value is -1.62. The first-order valence-electron chi connectivity index (χ1n) is 7.51. The first-order chi connectivity index (χ1) is 11.2.